The van der Waals surface area contributed by atoms with E-state index in [0.29, 0.717) is 12.1 Å². The van der Waals surface area contributed by atoms with Gasteiger partial charge >= 0.3 is 0 Å². The van der Waals surface area contributed by atoms with Crippen molar-refractivity contribution in [2.24, 2.45) is 7.05 Å². The monoisotopic (exact) mass is 448 g/mol. The number of anilines is 1. The fraction of sp³-hybridized carbons (Fsp3) is 0.250. The number of aromatic nitrogens is 3. The second-order valence-electron chi connectivity index (χ2n) is 8.83. The molecule has 0 radical (unpaired) electrons. The maximum Gasteiger partial charge on any atom is 0.250 e. The van der Waals surface area contributed by atoms with Gasteiger partial charge in [-0.15, -0.1) is 0 Å². The SMILES string of the molecule is Cn1cc(-n2ncc3cc(N4[C@H](c5ccccc5)CC(C)(C)S4(=O)=O)ccc32)ccc1=O. The minimum absolute atomic E-state index is 0.0960. The van der Waals surface area contributed by atoms with Gasteiger partial charge in [-0.25, -0.2) is 13.1 Å². The van der Waals surface area contributed by atoms with Crippen molar-refractivity contribution < 1.29 is 8.42 Å². The van der Waals surface area contributed by atoms with Gasteiger partial charge in [0, 0.05) is 24.7 Å². The van der Waals surface area contributed by atoms with Gasteiger partial charge in [-0.1, -0.05) is 30.3 Å². The first-order valence-electron chi connectivity index (χ1n) is 10.4. The van der Waals surface area contributed by atoms with E-state index in [4.69, 9.17) is 0 Å². The maximum atomic E-state index is 13.5. The molecule has 0 N–H and O–H groups in total. The predicted molar refractivity (Wildman–Crippen MR) is 126 cm³/mol. The first kappa shape index (κ1) is 20.5. The average Bonchev–Trinajstić information content (AvgIpc) is 3.26. The van der Waals surface area contributed by atoms with Crippen molar-refractivity contribution in [3.63, 3.8) is 0 Å². The Kier molecular flexibility index (Phi) is 4.53. The highest BCUT2D eigenvalue weighted by atomic mass is 32.2. The lowest BCUT2D eigenvalue weighted by molar-refractivity contribution is 0.549. The zero-order chi connectivity index (χ0) is 22.7. The van der Waals surface area contributed by atoms with Crippen molar-refractivity contribution in [3.05, 3.63) is 89.0 Å². The lowest BCUT2D eigenvalue weighted by Crippen LogP contribution is -2.35. The third kappa shape index (κ3) is 3.05. The molecule has 0 saturated carbocycles. The molecule has 0 spiro atoms. The summed E-state index contributed by atoms with van der Waals surface area (Å²) >= 11 is 0. The first-order chi connectivity index (χ1) is 15.2. The van der Waals surface area contributed by atoms with Crippen LogP contribution < -0.4 is 9.86 Å². The van der Waals surface area contributed by atoms with Crippen molar-refractivity contribution in [3.8, 4) is 5.69 Å². The van der Waals surface area contributed by atoms with Gasteiger partial charge in [0.15, 0.2) is 0 Å². The Morgan fingerprint density at radius 2 is 1.72 bits per heavy atom. The van der Waals surface area contributed by atoms with Crippen LogP contribution in [0.3, 0.4) is 0 Å². The summed E-state index contributed by atoms with van der Waals surface area (Å²) in [5.41, 5.74) is 3.09. The molecule has 1 atom stereocenters. The Bertz CT molecular complexity index is 1490. The summed E-state index contributed by atoms with van der Waals surface area (Å²) in [6.45, 7) is 3.57. The molecule has 0 unspecified atom stereocenters. The predicted octanol–water partition coefficient (Wildman–Crippen LogP) is 3.78. The smallest absolute Gasteiger partial charge is 0.250 e. The van der Waals surface area contributed by atoms with Crippen LogP contribution in [0.1, 0.15) is 31.9 Å². The van der Waals surface area contributed by atoms with E-state index in [1.54, 1.807) is 48.3 Å². The third-order valence-electron chi connectivity index (χ3n) is 6.23. The van der Waals surface area contributed by atoms with Crippen LogP contribution in [0.2, 0.25) is 0 Å². The van der Waals surface area contributed by atoms with E-state index in [0.717, 1.165) is 22.2 Å². The summed E-state index contributed by atoms with van der Waals surface area (Å²) in [5.74, 6) is 0. The molecule has 0 amide bonds. The van der Waals surface area contributed by atoms with E-state index in [1.165, 1.54) is 10.6 Å². The molecule has 32 heavy (non-hydrogen) atoms. The molecule has 8 heteroatoms. The number of fused-ring (bicyclic) bond motifs is 1. The molecule has 0 bridgehead atoms. The maximum absolute atomic E-state index is 13.5. The van der Waals surface area contributed by atoms with E-state index in [-0.39, 0.29) is 11.6 Å². The van der Waals surface area contributed by atoms with Crippen molar-refractivity contribution >= 4 is 26.6 Å². The van der Waals surface area contributed by atoms with Crippen molar-refractivity contribution in [1.82, 2.24) is 14.3 Å². The Labute approximate surface area is 186 Å². The minimum atomic E-state index is -3.57. The normalized spacial score (nSPS) is 19.5. The molecule has 2 aromatic carbocycles. The molecular weight excluding hydrogens is 424 g/mol. The molecule has 1 fully saturated rings. The number of benzene rings is 2. The second-order valence-corrected chi connectivity index (χ2v) is 11.3. The van der Waals surface area contributed by atoms with Crippen molar-refractivity contribution in [2.75, 3.05) is 4.31 Å². The minimum Gasteiger partial charge on any atom is -0.316 e. The van der Waals surface area contributed by atoms with E-state index in [2.05, 4.69) is 5.10 Å². The van der Waals surface area contributed by atoms with Crippen LogP contribution in [0.15, 0.2) is 77.9 Å². The van der Waals surface area contributed by atoms with Crippen LogP contribution in [-0.2, 0) is 17.1 Å². The molecular formula is C24H24N4O3S. The van der Waals surface area contributed by atoms with Gasteiger partial charge < -0.3 is 4.57 Å². The molecule has 164 valence electrons. The number of rotatable bonds is 3. The lowest BCUT2D eigenvalue weighted by Gasteiger charge is -2.26. The van der Waals surface area contributed by atoms with Crippen LogP contribution in [0.5, 0.6) is 0 Å². The molecule has 5 rings (SSSR count). The number of hydrogen-bond acceptors (Lipinski definition) is 4. The van der Waals surface area contributed by atoms with Crippen LogP contribution >= 0.6 is 0 Å². The number of aryl methyl sites for hydroxylation is 1. The van der Waals surface area contributed by atoms with Gasteiger partial charge in [0.05, 0.1) is 33.9 Å². The van der Waals surface area contributed by atoms with Gasteiger partial charge in [0.1, 0.15) is 0 Å². The van der Waals surface area contributed by atoms with Crippen molar-refractivity contribution in [2.45, 2.75) is 31.1 Å². The highest BCUT2D eigenvalue weighted by molar-refractivity contribution is 7.94. The van der Waals surface area contributed by atoms with Gasteiger partial charge in [-0.05, 0) is 50.1 Å². The Balaban J connectivity index is 1.63. The molecule has 1 aliphatic heterocycles. The highest BCUT2D eigenvalue weighted by Gasteiger charge is 2.51. The zero-order valence-corrected chi connectivity index (χ0v) is 19.0. The van der Waals surface area contributed by atoms with E-state index in [1.807, 2.05) is 48.5 Å². The third-order valence-corrected chi connectivity index (χ3v) is 8.78. The molecule has 7 nitrogen and oxygen atoms in total. The Hall–Kier alpha value is -3.39. The van der Waals surface area contributed by atoms with Crippen LogP contribution in [0.25, 0.3) is 16.6 Å². The summed E-state index contributed by atoms with van der Waals surface area (Å²) in [6.07, 6.45) is 3.95. The van der Waals surface area contributed by atoms with Gasteiger partial charge in [-0.3, -0.25) is 9.10 Å². The molecule has 4 aromatic rings. The molecule has 3 heterocycles. The fourth-order valence-electron chi connectivity index (χ4n) is 4.40. The second kappa shape index (κ2) is 7.06. The summed E-state index contributed by atoms with van der Waals surface area (Å²) in [6, 6.07) is 18.3. The molecule has 1 saturated heterocycles. The van der Waals surface area contributed by atoms with Gasteiger partial charge in [-0.2, -0.15) is 5.10 Å². The largest absolute Gasteiger partial charge is 0.316 e. The van der Waals surface area contributed by atoms with Gasteiger partial charge in [0.25, 0.3) is 0 Å². The highest BCUT2D eigenvalue weighted by Crippen LogP contribution is 2.47. The molecule has 2 aromatic heterocycles. The number of nitrogens with zero attached hydrogens (tertiary/aromatic N) is 4. The van der Waals surface area contributed by atoms with E-state index >= 15 is 0 Å². The number of sulfonamides is 1. The quantitative estimate of drug-likeness (QED) is 0.478. The standard InChI is InChI=1S/C24H24N4O3S/c1-24(2)14-22(17-7-5-4-6-8-17)28(32(24,30)31)19-9-11-21-18(13-19)15-25-27(21)20-10-12-23(29)26(3)16-20/h4-13,15-16,22H,14H2,1-3H3/t22-/m0/s1. The topological polar surface area (TPSA) is 77.2 Å². The Morgan fingerprint density at radius 1 is 1.00 bits per heavy atom. The Morgan fingerprint density at radius 3 is 2.44 bits per heavy atom. The zero-order valence-electron chi connectivity index (χ0n) is 18.1. The number of pyridine rings is 1. The number of hydrogen-bond donors (Lipinski definition) is 0. The first-order valence-corrected chi connectivity index (χ1v) is 11.9. The van der Waals surface area contributed by atoms with E-state index in [9.17, 15) is 13.2 Å². The lowest BCUT2D eigenvalue weighted by atomic mass is 9.96. The fourth-order valence-corrected chi connectivity index (χ4v) is 6.23. The summed E-state index contributed by atoms with van der Waals surface area (Å²) in [7, 11) is -1.88. The van der Waals surface area contributed by atoms with Gasteiger partial charge in [0.2, 0.25) is 15.6 Å². The summed E-state index contributed by atoms with van der Waals surface area (Å²) < 4.78 is 30.9. The van der Waals surface area contributed by atoms with Crippen LogP contribution in [0, 0.1) is 0 Å². The summed E-state index contributed by atoms with van der Waals surface area (Å²) in [4.78, 5) is 11.7. The van der Waals surface area contributed by atoms with Crippen molar-refractivity contribution in [1.29, 1.82) is 0 Å². The molecule has 0 aliphatic carbocycles. The average molecular weight is 449 g/mol. The van der Waals surface area contributed by atoms with Crippen LogP contribution in [-0.4, -0.2) is 27.5 Å². The van der Waals surface area contributed by atoms with E-state index < -0.39 is 14.8 Å². The summed E-state index contributed by atoms with van der Waals surface area (Å²) in [5, 5.41) is 5.30. The molecule has 1 aliphatic rings. The van der Waals surface area contributed by atoms with Crippen LogP contribution in [0.4, 0.5) is 5.69 Å².